The molecule has 1 aromatic carbocycles. The number of benzene rings is 1. The monoisotopic (exact) mass is 217 g/mol. The molecule has 1 fully saturated rings. The summed E-state index contributed by atoms with van der Waals surface area (Å²) in [4.78, 5) is 0. The van der Waals surface area contributed by atoms with Crippen molar-refractivity contribution in [3.63, 3.8) is 0 Å². The molecule has 0 heterocycles. The van der Waals surface area contributed by atoms with Crippen LogP contribution in [0, 0.1) is 11.8 Å². The third-order valence-corrected chi connectivity index (χ3v) is 3.53. The third-order valence-electron chi connectivity index (χ3n) is 3.53. The van der Waals surface area contributed by atoms with Gasteiger partial charge in [-0.05, 0) is 42.7 Å². The minimum atomic E-state index is 0.653. The summed E-state index contributed by atoms with van der Waals surface area (Å²) in [6, 6.07) is 10.9. The SMILES string of the molecule is CC(C)C(CNCC1CC1)c1ccccc1. The zero-order chi connectivity index (χ0) is 11.4. The zero-order valence-electron chi connectivity index (χ0n) is 10.4. The van der Waals surface area contributed by atoms with Crippen LogP contribution in [0.1, 0.15) is 38.2 Å². The van der Waals surface area contributed by atoms with Crippen LogP contribution in [0.2, 0.25) is 0 Å². The summed E-state index contributed by atoms with van der Waals surface area (Å²) in [5.74, 6) is 2.33. The topological polar surface area (TPSA) is 12.0 Å². The maximum atomic E-state index is 3.63. The molecule has 1 heteroatoms. The van der Waals surface area contributed by atoms with Gasteiger partial charge in [0.2, 0.25) is 0 Å². The van der Waals surface area contributed by atoms with Crippen molar-refractivity contribution < 1.29 is 0 Å². The van der Waals surface area contributed by atoms with Gasteiger partial charge in [0.05, 0.1) is 0 Å². The van der Waals surface area contributed by atoms with Crippen molar-refractivity contribution in [3.8, 4) is 0 Å². The van der Waals surface area contributed by atoms with Crippen LogP contribution >= 0.6 is 0 Å². The molecule has 0 saturated heterocycles. The van der Waals surface area contributed by atoms with Gasteiger partial charge >= 0.3 is 0 Å². The lowest BCUT2D eigenvalue weighted by atomic mass is 9.88. The van der Waals surface area contributed by atoms with Gasteiger partial charge in [-0.2, -0.15) is 0 Å². The molecular weight excluding hydrogens is 194 g/mol. The highest BCUT2D eigenvalue weighted by Gasteiger charge is 2.21. The summed E-state index contributed by atoms with van der Waals surface area (Å²) >= 11 is 0. The average Bonchev–Trinajstić information content (AvgIpc) is 3.09. The molecule has 16 heavy (non-hydrogen) atoms. The molecule has 1 N–H and O–H groups in total. The molecule has 0 spiro atoms. The maximum Gasteiger partial charge on any atom is 0.00227 e. The van der Waals surface area contributed by atoms with Crippen molar-refractivity contribution in [2.45, 2.75) is 32.6 Å². The molecule has 1 atom stereocenters. The van der Waals surface area contributed by atoms with E-state index in [1.165, 1.54) is 24.9 Å². The second-order valence-electron chi connectivity index (χ2n) is 5.36. The summed E-state index contributed by atoms with van der Waals surface area (Å²) in [6.07, 6.45) is 2.87. The summed E-state index contributed by atoms with van der Waals surface area (Å²) in [5.41, 5.74) is 1.47. The van der Waals surface area contributed by atoms with E-state index in [1.54, 1.807) is 0 Å². The van der Waals surface area contributed by atoms with E-state index in [2.05, 4.69) is 49.5 Å². The Hall–Kier alpha value is -0.820. The van der Waals surface area contributed by atoms with Crippen molar-refractivity contribution >= 4 is 0 Å². The van der Waals surface area contributed by atoms with Gasteiger partial charge in [-0.1, -0.05) is 44.2 Å². The summed E-state index contributed by atoms with van der Waals surface area (Å²) in [6.45, 7) is 6.97. The summed E-state index contributed by atoms with van der Waals surface area (Å²) < 4.78 is 0. The number of hydrogen-bond acceptors (Lipinski definition) is 1. The van der Waals surface area contributed by atoms with Crippen LogP contribution in [-0.4, -0.2) is 13.1 Å². The Morgan fingerprint density at radius 3 is 2.44 bits per heavy atom. The Bertz CT molecular complexity index is 300. The highest BCUT2D eigenvalue weighted by Crippen LogP contribution is 2.28. The molecule has 0 aliphatic heterocycles. The van der Waals surface area contributed by atoms with Crippen LogP contribution in [0.5, 0.6) is 0 Å². The highest BCUT2D eigenvalue weighted by atomic mass is 14.9. The molecule has 1 saturated carbocycles. The van der Waals surface area contributed by atoms with Crippen LogP contribution in [0.4, 0.5) is 0 Å². The van der Waals surface area contributed by atoms with E-state index < -0.39 is 0 Å². The molecule has 1 unspecified atom stereocenters. The van der Waals surface area contributed by atoms with Crippen LogP contribution in [0.3, 0.4) is 0 Å². The van der Waals surface area contributed by atoms with Gasteiger partial charge < -0.3 is 5.32 Å². The molecule has 1 aliphatic carbocycles. The van der Waals surface area contributed by atoms with Crippen LogP contribution < -0.4 is 5.32 Å². The van der Waals surface area contributed by atoms with Gasteiger partial charge in [0.15, 0.2) is 0 Å². The van der Waals surface area contributed by atoms with Crippen molar-refractivity contribution in [2.75, 3.05) is 13.1 Å². The Morgan fingerprint density at radius 2 is 1.88 bits per heavy atom. The van der Waals surface area contributed by atoms with Crippen LogP contribution in [0.25, 0.3) is 0 Å². The average molecular weight is 217 g/mol. The van der Waals surface area contributed by atoms with E-state index in [9.17, 15) is 0 Å². The maximum absolute atomic E-state index is 3.63. The minimum Gasteiger partial charge on any atom is -0.316 e. The van der Waals surface area contributed by atoms with Crippen LogP contribution in [-0.2, 0) is 0 Å². The molecule has 1 aliphatic rings. The Morgan fingerprint density at radius 1 is 1.19 bits per heavy atom. The van der Waals surface area contributed by atoms with E-state index in [1.807, 2.05) is 0 Å². The second-order valence-corrected chi connectivity index (χ2v) is 5.36. The minimum absolute atomic E-state index is 0.653. The lowest BCUT2D eigenvalue weighted by Gasteiger charge is -2.22. The van der Waals surface area contributed by atoms with Crippen molar-refractivity contribution in [3.05, 3.63) is 35.9 Å². The van der Waals surface area contributed by atoms with Gasteiger partial charge in [0, 0.05) is 6.54 Å². The number of rotatable bonds is 6. The van der Waals surface area contributed by atoms with E-state index in [4.69, 9.17) is 0 Å². The number of nitrogens with one attached hydrogen (secondary N) is 1. The van der Waals surface area contributed by atoms with Gasteiger partial charge in [0.25, 0.3) is 0 Å². The van der Waals surface area contributed by atoms with E-state index in [0.717, 1.165) is 12.5 Å². The van der Waals surface area contributed by atoms with E-state index in [0.29, 0.717) is 11.8 Å². The fraction of sp³-hybridized carbons (Fsp3) is 0.600. The van der Waals surface area contributed by atoms with Crippen molar-refractivity contribution in [1.29, 1.82) is 0 Å². The fourth-order valence-electron chi connectivity index (χ4n) is 2.20. The van der Waals surface area contributed by atoms with Crippen molar-refractivity contribution in [2.24, 2.45) is 11.8 Å². The third kappa shape index (κ3) is 3.34. The van der Waals surface area contributed by atoms with Crippen molar-refractivity contribution in [1.82, 2.24) is 5.32 Å². The highest BCUT2D eigenvalue weighted by molar-refractivity contribution is 5.20. The van der Waals surface area contributed by atoms with E-state index in [-0.39, 0.29) is 0 Å². The quantitative estimate of drug-likeness (QED) is 0.770. The Kier molecular flexibility index (Phi) is 4.00. The lowest BCUT2D eigenvalue weighted by Crippen LogP contribution is -2.26. The first-order valence-corrected chi connectivity index (χ1v) is 6.53. The fourth-order valence-corrected chi connectivity index (χ4v) is 2.20. The normalized spacial score (nSPS) is 17.7. The summed E-state index contributed by atoms with van der Waals surface area (Å²) in [5, 5.41) is 3.63. The smallest absolute Gasteiger partial charge is 0.00227 e. The van der Waals surface area contributed by atoms with E-state index >= 15 is 0 Å². The second kappa shape index (κ2) is 5.49. The zero-order valence-corrected chi connectivity index (χ0v) is 10.4. The molecule has 1 nitrogen and oxygen atoms in total. The molecule has 0 bridgehead atoms. The first kappa shape index (κ1) is 11.7. The first-order valence-electron chi connectivity index (χ1n) is 6.53. The van der Waals surface area contributed by atoms with Gasteiger partial charge in [-0.3, -0.25) is 0 Å². The molecule has 0 aromatic heterocycles. The van der Waals surface area contributed by atoms with Crippen LogP contribution in [0.15, 0.2) is 30.3 Å². The molecule has 2 rings (SSSR count). The predicted octanol–water partition coefficient (Wildman–Crippen LogP) is 3.43. The standard InChI is InChI=1S/C15H23N/c1-12(2)15(11-16-10-13-8-9-13)14-6-4-3-5-7-14/h3-7,12-13,15-16H,8-11H2,1-2H3. The molecule has 0 amide bonds. The predicted molar refractivity (Wildman–Crippen MR) is 69.6 cm³/mol. The van der Waals surface area contributed by atoms with Gasteiger partial charge in [-0.25, -0.2) is 0 Å². The Labute approximate surface area is 99.3 Å². The van der Waals surface area contributed by atoms with Gasteiger partial charge in [0.1, 0.15) is 0 Å². The molecule has 0 radical (unpaired) electrons. The van der Waals surface area contributed by atoms with Gasteiger partial charge in [-0.15, -0.1) is 0 Å². The molecular formula is C15H23N. The number of hydrogen-bond donors (Lipinski definition) is 1. The molecule has 88 valence electrons. The largest absolute Gasteiger partial charge is 0.316 e. The molecule has 1 aromatic rings. The summed E-state index contributed by atoms with van der Waals surface area (Å²) in [7, 11) is 0. The lowest BCUT2D eigenvalue weighted by molar-refractivity contribution is 0.457. The first-order chi connectivity index (χ1) is 7.77. The Balaban J connectivity index is 1.88.